The maximum Gasteiger partial charge on any atom is 0.224 e. The molecular weight excluding hydrogens is 214 g/mol. The highest BCUT2D eigenvalue weighted by molar-refractivity contribution is 5.35. The second-order valence-corrected chi connectivity index (χ2v) is 3.62. The number of nitrogen functional groups attached to an aromatic ring is 1. The Balaban J connectivity index is 2.07. The van der Waals surface area contributed by atoms with Crippen LogP contribution in [0.25, 0.3) is 0 Å². The number of aryl methyl sites for hydroxylation is 1. The van der Waals surface area contributed by atoms with E-state index in [2.05, 4.69) is 33.3 Å². The van der Waals surface area contributed by atoms with E-state index in [0.717, 1.165) is 12.1 Å². The average molecular weight is 229 g/mol. The van der Waals surface area contributed by atoms with Crippen molar-refractivity contribution < 1.29 is 0 Å². The molecule has 3 N–H and O–H groups in total. The van der Waals surface area contributed by atoms with Crippen LogP contribution in [0, 0.1) is 0 Å². The Kier molecular flexibility index (Phi) is 3.49. The topological polar surface area (TPSA) is 76.7 Å². The lowest BCUT2D eigenvalue weighted by molar-refractivity contribution is 0.953. The summed E-state index contributed by atoms with van der Waals surface area (Å²) in [7, 11) is 0. The lowest BCUT2D eigenvalue weighted by Gasteiger charge is -2.07. The molecule has 2 heterocycles. The Morgan fingerprint density at radius 2 is 2.12 bits per heavy atom. The quantitative estimate of drug-likeness (QED) is 0.833. The smallest absolute Gasteiger partial charge is 0.224 e. The van der Waals surface area contributed by atoms with Crippen molar-refractivity contribution in [1.29, 1.82) is 0 Å². The minimum atomic E-state index is 0.458. The summed E-state index contributed by atoms with van der Waals surface area (Å²) in [5, 5.41) is 3.11. The van der Waals surface area contributed by atoms with Crippen LogP contribution in [0.1, 0.15) is 18.2 Å². The molecule has 5 nitrogen and oxygen atoms in total. The summed E-state index contributed by atoms with van der Waals surface area (Å²) in [5.41, 5.74) is 7.82. The summed E-state index contributed by atoms with van der Waals surface area (Å²) in [5.74, 6) is 0.983. The normalized spacial score (nSPS) is 10.2. The fraction of sp³-hybridized carbons (Fsp3) is 0.250. The number of aromatic nitrogens is 3. The number of nitrogens with one attached hydrogen (secondary N) is 1. The summed E-state index contributed by atoms with van der Waals surface area (Å²) < 4.78 is 0. The van der Waals surface area contributed by atoms with Gasteiger partial charge >= 0.3 is 0 Å². The van der Waals surface area contributed by atoms with Gasteiger partial charge in [-0.25, -0.2) is 4.98 Å². The number of anilines is 2. The Labute approximate surface area is 100 Å². The van der Waals surface area contributed by atoms with Crippen LogP contribution in [-0.4, -0.2) is 15.0 Å². The Morgan fingerprint density at radius 3 is 2.88 bits per heavy atom. The number of nitrogens with zero attached hydrogens (tertiary/aromatic N) is 3. The third kappa shape index (κ3) is 2.90. The largest absolute Gasteiger partial charge is 0.384 e. The van der Waals surface area contributed by atoms with Gasteiger partial charge in [-0.15, -0.1) is 0 Å². The monoisotopic (exact) mass is 229 g/mol. The Hall–Kier alpha value is -2.17. The molecule has 0 aliphatic heterocycles. The van der Waals surface area contributed by atoms with Crippen LogP contribution in [0.3, 0.4) is 0 Å². The van der Waals surface area contributed by atoms with Gasteiger partial charge in [-0.1, -0.05) is 13.0 Å². The fourth-order valence-electron chi connectivity index (χ4n) is 1.57. The third-order valence-electron chi connectivity index (χ3n) is 2.46. The van der Waals surface area contributed by atoms with Crippen molar-refractivity contribution in [2.45, 2.75) is 19.9 Å². The van der Waals surface area contributed by atoms with E-state index in [1.165, 1.54) is 5.56 Å². The van der Waals surface area contributed by atoms with Gasteiger partial charge in [-0.3, -0.25) is 4.98 Å². The van der Waals surface area contributed by atoms with Crippen molar-refractivity contribution in [3.8, 4) is 0 Å². The summed E-state index contributed by atoms with van der Waals surface area (Å²) in [6, 6.07) is 5.67. The number of hydrogen-bond acceptors (Lipinski definition) is 5. The molecule has 17 heavy (non-hydrogen) atoms. The molecule has 0 atom stereocenters. The van der Waals surface area contributed by atoms with Crippen molar-refractivity contribution >= 4 is 11.8 Å². The van der Waals surface area contributed by atoms with Gasteiger partial charge in [0.25, 0.3) is 0 Å². The first-order valence-electron chi connectivity index (χ1n) is 5.54. The van der Waals surface area contributed by atoms with Crippen LogP contribution < -0.4 is 11.1 Å². The minimum Gasteiger partial charge on any atom is -0.384 e. The van der Waals surface area contributed by atoms with E-state index in [-0.39, 0.29) is 0 Å². The van der Waals surface area contributed by atoms with Crippen LogP contribution in [-0.2, 0) is 13.0 Å². The molecule has 88 valence electrons. The maximum absolute atomic E-state index is 5.58. The molecule has 0 spiro atoms. The van der Waals surface area contributed by atoms with Crippen molar-refractivity contribution in [3.63, 3.8) is 0 Å². The molecule has 0 aliphatic carbocycles. The van der Waals surface area contributed by atoms with Gasteiger partial charge in [0.1, 0.15) is 5.82 Å². The van der Waals surface area contributed by atoms with Gasteiger partial charge in [0, 0.05) is 12.4 Å². The Morgan fingerprint density at radius 1 is 1.24 bits per heavy atom. The lowest BCUT2D eigenvalue weighted by atomic mass is 10.1. The Bertz CT molecular complexity index is 498. The van der Waals surface area contributed by atoms with Crippen molar-refractivity contribution in [1.82, 2.24) is 15.0 Å². The SMILES string of the molecule is CCc1cccnc1CNc1nccc(N)n1. The third-order valence-corrected chi connectivity index (χ3v) is 2.46. The van der Waals surface area contributed by atoms with E-state index in [9.17, 15) is 0 Å². The molecule has 0 bridgehead atoms. The van der Waals surface area contributed by atoms with Crippen LogP contribution >= 0.6 is 0 Å². The van der Waals surface area contributed by atoms with Gasteiger partial charge in [0.05, 0.1) is 12.2 Å². The second-order valence-electron chi connectivity index (χ2n) is 3.62. The molecule has 0 aromatic carbocycles. The molecule has 0 saturated carbocycles. The van der Waals surface area contributed by atoms with Gasteiger partial charge in [-0.05, 0) is 24.1 Å². The summed E-state index contributed by atoms with van der Waals surface area (Å²) in [4.78, 5) is 12.5. The molecular formula is C12H15N5. The van der Waals surface area contributed by atoms with E-state index in [4.69, 9.17) is 5.73 Å². The maximum atomic E-state index is 5.58. The zero-order valence-corrected chi connectivity index (χ0v) is 9.72. The molecule has 0 aliphatic rings. The van der Waals surface area contributed by atoms with Crippen molar-refractivity contribution in [2.75, 3.05) is 11.1 Å². The first-order valence-corrected chi connectivity index (χ1v) is 5.54. The highest BCUT2D eigenvalue weighted by atomic mass is 15.1. The van der Waals surface area contributed by atoms with Crippen LogP contribution in [0.15, 0.2) is 30.6 Å². The van der Waals surface area contributed by atoms with E-state index in [1.807, 2.05) is 6.07 Å². The first kappa shape index (κ1) is 11.3. The minimum absolute atomic E-state index is 0.458. The highest BCUT2D eigenvalue weighted by Crippen LogP contribution is 2.08. The molecule has 5 heteroatoms. The number of rotatable bonds is 4. The first-order chi connectivity index (χ1) is 8.29. The number of nitrogens with two attached hydrogens (primary N) is 1. The lowest BCUT2D eigenvalue weighted by Crippen LogP contribution is -2.08. The molecule has 0 unspecified atom stereocenters. The molecule has 0 saturated heterocycles. The van der Waals surface area contributed by atoms with Crippen LogP contribution in [0.5, 0.6) is 0 Å². The predicted octanol–water partition coefficient (Wildman–Crippen LogP) is 1.63. The zero-order valence-electron chi connectivity index (χ0n) is 9.72. The molecule has 0 fully saturated rings. The second kappa shape index (κ2) is 5.25. The number of pyridine rings is 1. The van der Waals surface area contributed by atoms with Crippen LogP contribution in [0.4, 0.5) is 11.8 Å². The summed E-state index contributed by atoms with van der Waals surface area (Å²) in [6.07, 6.45) is 4.38. The van der Waals surface area contributed by atoms with Crippen LogP contribution in [0.2, 0.25) is 0 Å². The van der Waals surface area contributed by atoms with Crippen molar-refractivity contribution in [3.05, 3.63) is 41.9 Å². The average Bonchev–Trinajstić information content (AvgIpc) is 2.37. The van der Waals surface area contributed by atoms with Crippen molar-refractivity contribution in [2.24, 2.45) is 0 Å². The van der Waals surface area contributed by atoms with Gasteiger partial charge < -0.3 is 11.1 Å². The van der Waals surface area contributed by atoms with Gasteiger partial charge in [0.2, 0.25) is 5.95 Å². The summed E-state index contributed by atoms with van der Waals surface area (Å²) in [6.45, 7) is 2.71. The molecule has 2 aromatic heterocycles. The zero-order chi connectivity index (χ0) is 12.1. The molecule has 2 aromatic rings. The van der Waals surface area contributed by atoms with Gasteiger partial charge in [-0.2, -0.15) is 4.98 Å². The highest BCUT2D eigenvalue weighted by Gasteiger charge is 2.02. The summed E-state index contributed by atoms with van der Waals surface area (Å²) >= 11 is 0. The van der Waals surface area contributed by atoms with E-state index < -0.39 is 0 Å². The van der Waals surface area contributed by atoms with E-state index in [1.54, 1.807) is 18.5 Å². The van der Waals surface area contributed by atoms with Gasteiger partial charge in [0.15, 0.2) is 0 Å². The molecule has 0 radical (unpaired) electrons. The van der Waals surface area contributed by atoms with E-state index >= 15 is 0 Å². The standard InChI is InChI=1S/C12H15N5/c1-2-9-4-3-6-14-10(9)8-16-12-15-7-5-11(13)17-12/h3-7H,2,8H2,1H3,(H3,13,15,16,17). The molecule has 2 rings (SSSR count). The number of hydrogen-bond donors (Lipinski definition) is 2. The fourth-order valence-corrected chi connectivity index (χ4v) is 1.57. The van der Waals surface area contributed by atoms with E-state index in [0.29, 0.717) is 18.3 Å². The predicted molar refractivity (Wildman–Crippen MR) is 67.4 cm³/mol. The molecule has 0 amide bonds.